The van der Waals surface area contributed by atoms with E-state index in [2.05, 4.69) is 20.9 Å². The predicted octanol–water partition coefficient (Wildman–Crippen LogP) is 3.34. The van der Waals surface area contributed by atoms with Gasteiger partial charge in [-0.15, -0.1) is 0 Å². The summed E-state index contributed by atoms with van der Waals surface area (Å²) in [5, 5.41) is 0. The molecule has 106 valence electrons. The molecule has 0 bridgehead atoms. The lowest BCUT2D eigenvalue weighted by atomic mass is 10.3. The Labute approximate surface area is 130 Å². The number of ether oxygens (including phenoxy) is 1. The van der Waals surface area contributed by atoms with Crippen LogP contribution in [0, 0.1) is 6.92 Å². The summed E-state index contributed by atoms with van der Waals surface area (Å²) < 4.78 is 8.10. The second-order valence-corrected chi connectivity index (χ2v) is 5.59. The molecule has 0 fully saturated rings. The van der Waals surface area contributed by atoms with Gasteiger partial charge in [0.15, 0.2) is 0 Å². The molecule has 0 amide bonds. The van der Waals surface area contributed by atoms with E-state index in [0.29, 0.717) is 11.3 Å². The van der Waals surface area contributed by atoms with Gasteiger partial charge in [-0.3, -0.25) is 9.20 Å². The van der Waals surface area contributed by atoms with Crippen LogP contribution in [0.5, 0.6) is 5.75 Å². The fourth-order valence-corrected chi connectivity index (χ4v) is 2.44. The van der Waals surface area contributed by atoms with E-state index in [1.807, 2.05) is 43.3 Å². The van der Waals surface area contributed by atoms with Crippen molar-refractivity contribution in [3.63, 3.8) is 0 Å². The van der Waals surface area contributed by atoms with Crippen molar-refractivity contribution in [3.8, 4) is 5.75 Å². The van der Waals surface area contributed by atoms with Crippen molar-refractivity contribution in [2.24, 2.45) is 0 Å². The number of rotatable bonds is 3. The first-order valence-corrected chi connectivity index (χ1v) is 7.29. The summed E-state index contributed by atoms with van der Waals surface area (Å²) in [6.07, 6.45) is 1.73. The molecule has 0 aliphatic rings. The minimum Gasteiger partial charge on any atom is -0.486 e. The lowest BCUT2D eigenvalue weighted by Gasteiger charge is -2.08. The van der Waals surface area contributed by atoms with Gasteiger partial charge in [0.25, 0.3) is 5.56 Å². The van der Waals surface area contributed by atoms with Crippen LogP contribution >= 0.6 is 15.9 Å². The highest BCUT2D eigenvalue weighted by atomic mass is 79.9. The Balaban J connectivity index is 1.91. The monoisotopic (exact) mass is 344 g/mol. The van der Waals surface area contributed by atoms with Crippen LogP contribution in [0.25, 0.3) is 5.65 Å². The van der Waals surface area contributed by atoms with Gasteiger partial charge in [-0.2, -0.15) is 0 Å². The summed E-state index contributed by atoms with van der Waals surface area (Å²) in [5.41, 5.74) is 2.20. The number of aromatic nitrogens is 2. The Kier molecular flexibility index (Phi) is 3.75. The van der Waals surface area contributed by atoms with Gasteiger partial charge >= 0.3 is 0 Å². The molecule has 0 atom stereocenters. The van der Waals surface area contributed by atoms with E-state index < -0.39 is 0 Å². The van der Waals surface area contributed by atoms with Gasteiger partial charge in [-0.05, 0) is 52.7 Å². The summed E-state index contributed by atoms with van der Waals surface area (Å²) in [7, 11) is 0. The number of pyridine rings is 1. The van der Waals surface area contributed by atoms with E-state index in [1.165, 1.54) is 10.5 Å². The fraction of sp³-hybridized carbons (Fsp3) is 0.125. The number of benzene rings is 1. The predicted molar refractivity (Wildman–Crippen MR) is 84.7 cm³/mol. The van der Waals surface area contributed by atoms with Crippen LogP contribution in [0.3, 0.4) is 0 Å². The number of hydrogen-bond donors (Lipinski definition) is 0. The van der Waals surface area contributed by atoms with Gasteiger partial charge in [0.05, 0.1) is 10.2 Å². The van der Waals surface area contributed by atoms with Crippen LogP contribution in [-0.4, -0.2) is 9.38 Å². The minimum atomic E-state index is -0.106. The number of halogens is 1. The molecule has 0 aliphatic carbocycles. The lowest BCUT2D eigenvalue weighted by molar-refractivity contribution is 0.299. The van der Waals surface area contributed by atoms with Gasteiger partial charge in [0, 0.05) is 12.3 Å². The van der Waals surface area contributed by atoms with E-state index in [0.717, 1.165) is 15.8 Å². The summed E-state index contributed by atoms with van der Waals surface area (Å²) >= 11 is 3.42. The molecule has 3 aromatic rings. The van der Waals surface area contributed by atoms with E-state index in [-0.39, 0.29) is 12.2 Å². The Morgan fingerprint density at radius 2 is 2.05 bits per heavy atom. The van der Waals surface area contributed by atoms with Gasteiger partial charge in [-0.1, -0.05) is 12.1 Å². The number of fused-ring (bicyclic) bond motifs is 1. The van der Waals surface area contributed by atoms with Crippen molar-refractivity contribution in [3.05, 3.63) is 74.7 Å². The van der Waals surface area contributed by atoms with Crippen LogP contribution < -0.4 is 10.3 Å². The van der Waals surface area contributed by atoms with Gasteiger partial charge in [0.2, 0.25) is 0 Å². The maximum Gasteiger partial charge on any atom is 0.258 e. The fourth-order valence-electron chi connectivity index (χ4n) is 2.04. The van der Waals surface area contributed by atoms with Crippen molar-refractivity contribution < 1.29 is 4.74 Å². The maximum absolute atomic E-state index is 12.0. The van der Waals surface area contributed by atoms with Crippen molar-refractivity contribution in [1.29, 1.82) is 0 Å². The van der Waals surface area contributed by atoms with Gasteiger partial charge in [-0.25, -0.2) is 4.98 Å². The summed E-state index contributed by atoms with van der Waals surface area (Å²) in [5.74, 6) is 0.726. The summed E-state index contributed by atoms with van der Waals surface area (Å²) in [6, 6.07) is 12.8. The molecule has 2 heterocycles. The molecule has 2 aromatic heterocycles. The molecular formula is C16H13BrN2O2. The Bertz CT molecular complexity index is 858. The molecule has 0 spiro atoms. The van der Waals surface area contributed by atoms with E-state index >= 15 is 0 Å². The van der Waals surface area contributed by atoms with E-state index in [1.54, 1.807) is 6.20 Å². The molecule has 1 aromatic carbocycles. The highest BCUT2D eigenvalue weighted by Gasteiger charge is 2.05. The molecular weight excluding hydrogens is 332 g/mol. The summed E-state index contributed by atoms with van der Waals surface area (Å²) in [6.45, 7) is 2.22. The third kappa shape index (κ3) is 2.97. The number of para-hydroxylation sites is 1. The van der Waals surface area contributed by atoms with Crippen LogP contribution in [0.15, 0.2) is 57.9 Å². The molecule has 3 rings (SSSR count). The molecule has 4 nitrogen and oxygen atoms in total. The number of aryl methyl sites for hydroxylation is 1. The first-order valence-electron chi connectivity index (χ1n) is 6.50. The maximum atomic E-state index is 12.0. The normalized spacial score (nSPS) is 10.8. The van der Waals surface area contributed by atoms with Gasteiger partial charge < -0.3 is 4.74 Å². The zero-order chi connectivity index (χ0) is 14.8. The second-order valence-electron chi connectivity index (χ2n) is 4.74. The van der Waals surface area contributed by atoms with Crippen molar-refractivity contribution in [2.45, 2.75) is 13.5 Å². The average molecular weight is 345 g/mol. The first-order chi connectivity index (χ1) is 10.1. The van der Waals surface area contributed by atoms with E-state index in [9.17, 15) is 4.79 Å². The Morgan fingerprint density at radius 1 is 1.24 bits per heavy atom. The molecule has 0 unspecified atom stereocenters. The molecule has 21 heavy (non-hydrogen) atoms. The van der Waals surface area contributed by atoms with Crippen LogP contribution in [0.1, 0.15) is 11.3 Å². The number of nitrogens with zero attached hydrogens (tertiary/aromatic N) is 2. The second kappa shape index (κ2) is 5.69. The molecule has 0 saturated carbocycles. The third-order valence-electron chi connectivity index (χ3n) is 3.09. The average Bonchev–Trinajstić information content (AvgIpc) is 2.46. The zero-order valence-electron chi connectivity index (χ0n) is 11.4. The quantitative estimate of drug-likeness (QED) is 0.731. The zero-order valence-corrected chi connectivity index (χ0v) is 13.0. The van der Waals surface area contributed by atoms with Crippen LogP contribution in [0.2, 0.25) is 0 Å². The van der Waals surface area contributed by atoms with Crippen LogP contribution in [0.4, 0.5) is 0 Å². The topological polar surface area (TPSA) is 43.6 Å². The molecule has 5 heteroatoms. The minimum absolute atomic E-state index is 0.106. The first kappa shape index (κ1) is 13.8. The largest absolute Gasteiger partial charge is 0.486 e. The Morgan fingerprint density at radius 3 is 2.86 bits per heavy atom. The SMILES string of the molecule is Cc1ccn2c(=O)cc(COc3ccccc3Br)nc2c1. The smallest absolute Gasteiger partial charge is 0.258 e. The van der Waals surface area contributed by atoms with Crippen molar-refractivity contribution in [1.82, 2.24) is 9.38 Å². The van der Waals surface area contributed by atoms with E-state index in [4.69, 9.17) is 4.74 Å². The van der Waals surface area contributed by atoms with Crippen molar-refractivity contribution >= 4 is 21.6 Å². The summed E-state index contributed by atoms with van der Waals surface area (Å²) in [4.78, 5) is 16.5. The van der Waals surface area contributed by atoms with Gasteiger partial charge in [0.1, 0.15) is 18.0 Å². The Hall–Kier alpha value is -2.14. The molecule has 0 radical (unpaired) electrons. The van der Waals surface area contributed by atoms with Crippen LogP contribution in [-0.2, 0) is 6.61 Å². The standard InChI is InChI=1S/C16H13BrN2O2/c1-11-6-7-19-15(8-11)18-12(9-16(19)20)10-21-14-5-3-2-4-13(14)17/h2-9H,10H2,1H3. The third-order valence-corrected chi connectivity index (χ3v) is 3.74. The number of hydrogen-bond acceptors (Lipinski definition) is 3. The lowest BCUT2D eigenvalue weighted by Crippen LogP contribution is -2.16. The molecule has 0 saturated heterocycles. The highest BCUT2D eigenvalue weighted by molar-refractivity contribution is 9.10. The molecule has 0 N–H and O–H groups in total. The highest BCUT2D eigenvalue weighted by Crippen LogP contribution is 2.24. The molecule has 0 aliphatic heterocycles. The van der Waals surface area contributed by atoms with Crippen molar-refractivity contribution in [2.75, 3.05) is 0 Å².